The van der Waals surface area contributed by atoms with E-state index in [0.717, 1.165) is 17.3 Å². The van der Waals surface area contributed by atoms with Gasteiger partial charge in [-0.1, -0.05) is 42.1 Å². The zero-order chi connectivity index (χ0) is 21.8. The van der Waals surface area contributed by atoms with Crippen LogP contribution in [0, 0.1) is 0 Å². The summed E-state index contributed by atoms with van der Waals surface area (Å²) >= 11 is 0.833. The number of thioether (sulfide) groups is 1. The molecule has 0 radical (unpaired) electrons. The predicted octanol–water partition coefficient (Wildman–Crippen LogP) is -0.633. The monoisotopic (exact) mass is 425 g/mol. The van der Waals surface area contributed by atoms with Gasteiger partial charge in [0.1, 0.15) is 18.6 Å². The van der Waals surface area contributed by atoms with Crippen molar-refractivity contribution in [3.8, 4) is 0 Å². The molecule has 2 atom stereocenters. The Kier molecular flexibility index (Phi) is 10.4. The van der Waals surface area contributed by atoms with Gasteiger partial charge in [0.25, 0.3) is 0 Å². The summed E-state index contributed by atoms with van der Waals surface area (Å²) in [4.78, 5) is 57.6. The fraction of sp³-hybridized carbons (Fsp3) is 0.389. The van der Waals surface area contributed by atoms with E-state index in [0.29, 0.717) is 0 Å². The summed E-state index contributed by atoms with van der Waals surface area (Å²) in [6.07, 6.45) is -0.236. The summed E-state index contributed by atoms with van der Waals surface area (Å²) in [5.41, 5.74) is 6.13. The van der Waals surface area contributed by atoms with E-state index in [1.807, 2.05) is 6.07 Å². The number of nitrogens with two attached hydrogens (primary N) is 1. The normalized spacial score (nSPS) is 12.4. The Balaban J connectivity index is 2.63. The van der Waals surface area contributed by atoms with Gasteiger partial charge in [0.05, 0.1) is 0 Å². The molecular weight excluding hydrogens is 402 g/mol. The Labute approximate surface area is 171 Å². The van der Waals surface area contributed by atoms with Gasteiger partial charge in [0.2, 0.25) is 11.8 Å². The molecule has 2 amide bonds. The van der Waals surface area contributed by atoms with E-state index in [4.69, 9.17) is 15.9 Å². The van der Waals surface area contributed by atoms with Gasteiger partial charge in [-0.15, -0.1) is 0 Å². The number of amides is 2. The van der Waals surface area contributed by atoms with E-state index < -0.39 is 42.4 Å². The van der Waals surface area contributed by atoms with E-state index in [9.17, 15) is 24.0 Å². The van der Waals surface area contributed by atoms with Crippen molar-refractivity contribution in [1.29, 1.82) is 0 Å². The molecule has 29 heavy (non-hydrogen) atoms. The van der Waals surface area contributed by atoms with Gasteiger partial charge in [-0.3, -0.25) is 24.0 Å². The molecule has 0 aliphatic carbocycles. The number of hydrogen-bond acceptors (Lipinski definition) is 7. The van der Waals surface area contributed by atoms with Crippen molar-refractivity contribution < 1.29 is 34.2 Å². The van der Waals surface area contributed by atoms with Crippen LogP contribution >= 0.6 is 11.8 Å². The lowest BCUT2D eigenvalue weighted by Crippen LogP contribution is -2.49. The molecule has 0 aliphatic heterocycles. The van der Waals surface area contributed by atoms with E-state index in [1.165, 1.54) is 0 Å². The van der Waals surface area contributed by atoms with Crippen molar-refractivity contribution >= 4 is 40.6 Å². The first-order valence-electron chi connectivity index (χ1n) is 8.65. The number of benzene rings is 1. The maximum atomic E-state index is 12.2. The van der Waals surface area contributed by atoms with Crippen LogP contribution in [0.15, 0.2) is 30.3 Å². The van der Waals surface area contributed by atoms with Gasteiger partial charge in [0.15, 0.2) is 5.12 Å². The fourth-order valence-corrected chi connectivity index (χ4v) is 2.99. The highest BCUT2D eigenvalue weighted by Gasteiger charge is 2.23. The molecule has 0 bridgehead atoms. The minimum absolute atomic E-state index is 0.103. The molecule has 0 saturated heterocycles. The second kappa shape index (κ2) is 12.5. The largest absolute Gasteiger partial charge is 0.480 e. The number of nitrogens with one attached hydrogen (secondary N) is 2. The quantitative estimate of drug-likeness (QED) is 0.292. The number of carbonyl (C=O) groups is 5. The third kappa shape index (κ3) is 10.3. The summed E-state index contributed by atoms with van der Waals surface area (Å²) < 4.78 is 0. The zero-order valence-corrected chi connectivity index (χ0v) is 16.3. The summed E-state index contributed by atoms with van der Waals surface area (Å²) in [6, 6.07) is 6.57. The predicted molar refractivity (Wildman–Crippen MR) is 105 cm³/mol. The van der Waals surface area contributed by atoms with Crippen LogP contribution in [0.25, 0.3) is 0 Å². The number of carboxylic acid groups (broad SMARTS) is 2. The van der Waals surface area contributed by atoms with Crippen LogP contribution in [0.2, 0.25) is 0 Å². The van der Waals surface area contributed by atoms with Crippen LogP contribution in [0.3, 0.4) is 0 Å². The molecule has 1 aromatic rings. The zero-order valence-electron chi connectivity index (χ0n) is 15.5. The van der Waals surface area contributed by atoms with Gasteiger partial charge in [-0.25, -0.2) is 0 Å². The molecule has 0 unspecified atom stereocenters. The minimum Gasteiger partial charge on any atom is -0.480 e. The van der Waals surface area contributed by atoms with Crippen LogP contribution in [0.5, 0.6) is 0 Å². The number of carboxylic acids is 2. The van der Waals surface area contributed by atoms with Crippen molar-refractivity contribution in [2.24, 2.45) is 5.73 Å². The van der Waals surface area contributed by atoms with Gasteiger partial charge >= 0.3 is 11.9 Å². The molecule has 0 heterocycles. The van der Waals surface area contributed by atoms with E-state index in [1.54, 1.807) is 24.3 Å². The molecule has 11 heteroatoms. The van der Waals surface area contributed by atoms with Gasteiger partial charge < -0.3 is 26.6 Å². The number of carbonyl (C=O) groups excluding carboxylic acids is 3. The van der Waals surface area contributed by atoms with Gasteiger partial charge in [0, 0.05) is 18.6 Å². The molecule has 158 valence electrons. The second-order valence-corrected chi connectivity index (χ2v) is 7.14. The van der Waals surface area contributed by atoms with Crippen molar-refractivity contribution in [3.05, 3.63) is 35.9 Å². The standard InChI is InChI=1S/C18H23N3O7S/c19-12(18(27)28)6-7-14(22)21-13(17(26)20-9-15(23)24)10-29-16(25)8-11-4-2-1-3-5-11/h1-5,12-13H,6-10,19H2,(H,20,26)(H,21,22)(H,23,24)(H,27,28)/t12-,13-/m0/s1. The third-order valence-electron chi connectivity index (χ3n) is 3.67. The number of hydrogen-bond donors (Lipinski definition) is 5. The first-order valence-corrected chi connectivity index (χ1v) is 9.64. The average Bonchev–Trinajstić information content (AvgIpc) is 2.67. The Morgan fingerprint density at radius 3 is 2.31 bits per heavy atom. The summed E-state index contributed by atoms with van der Waals surface area (Å²) in [5, 5.41) is 21.7. The highest BCUT2D eigenvalue weighted by molar-refractivity contribution is 8.13. The minimum atomic E-state index is -1.26. The molecule has 10 nitrogen and oxygen atoms in total. The fourth-order valence-electron chi connectivity index (χ4n) is 2.14. The van der Waals surface area contributed by atoms with Crippen molar-refractivity contribution in [1.82, 2.24) is 10.6 Å². The topological polar surface area (TPSA) is 176 Å². The van der Waals surface area contributed by atoms with Crippen LogP contribution in [0.4, 0.5) is 0 Å². The Bertz CT molecular complexity index is 742. The highest BCUT2D eigenvalue weighted by Crippen LogP contribution is 2.11. The van der Waals surface area contributed by atoms with Crippen LogP contribution in [0.1, 0.15) is 18.4 Å². The van der Waals surface area contributed by atoms with Gasteiger partial charge in [-0.05, 0) is 12.0 Å². The first kappa shape index (κ1) is 24.1. The van der Waals surface area contributed by atoms with E-state index in [-0.39, 0.29) is 30.1 Å². The SMILES string of the molecule is N[C@@H](CCC(=O)N[C@@H](CSC(=O)Cc1ccccc1)C(=O)NCC(=O)O)C(=O)O. The lowest BCUT2D eigenvalue weighted by Gasteiger charge is -2.18. The van der Waals surface area contributed by atoms with E-state index in [2.05, 4.69) is 10.6 Å². The van der Waals surface area contributed by atoms with Gasteiger partial charge in [-0.2, -0.15) is 0 Å². The molecule has 0 fully saturated rings. The first-order chi connectivity index (χ1) is 13.7. The van der Waals surface area contributed by atoms with Crippen molar-refractivity contribution in [2.45, 2.75) is 31.3 Å². The maximum Gasteiger partial charge on any atom is 0.322 e. The van der Waals surface area contributed by atoms with Crippen molar-refractivity contribution in [3.63, 3.8) is 0 Å². The summed E-state index contributed by atoms with van der Waals surface area (Å²) in [7, 11) is 0. The Hall–Kier alpha value is -2.92. The van der Waals surface area contributed by atoms with Crippen molar-refractivity contribution in [2.75, 3.05) is 12.3 Å². The average molecular weight is 425 g/mol. The summed E-state index contributed by atoms with van der Waals surface area (Å²) in [5.74, 6) is -4.01. The molecule has 0 saturated carbocycles. The number of aliphatic carboxylic acids is 2. The molecule has 0 spiro atoms. The maximum absolute atomic E-state index is 12.2. The highest BCUT2D eigenvalue weighted by atomic mass is 32.2. The molecule has 1 rings (SSSR count). The smallest absolute Gasteiger partial charge is 0.322 e. The second-order valence-electron chi connectivity index (χ2n) is 6.06. The molecule has 6 N–H and O–H groups in total. The molecule has 1 aromatic carbocycles. The lowest BCUT2D eigenvalue weighted by molar-refractivity contribution is -0.139. The number of rotatable bonds is 12. The lowest BCUT2D eigenvalue weighted by atomic mass is 10.1. The van der Waals surface area contributed by atoms with Crippen LogP contribution in [-0.4, -0.2) is 63.5 Å². The Morgan fingerprint density at radius 1 is 1.07 bits per heavy atom. The van der Waals surface area contributed by atoms with Crippen LogP contribution < -0.4 is 16.4 Å². The molecule has 0 aliphatic rings. The third-order valence-corrected chi connectivity index (χ3v) is 4.63. The van der Waals surface area contributed by atoms with E-state index >= 15 is 0 Å². The summed E-state index contributed by atoms with van der Waals surface area (Å²) in [6.45, 7) is -0.641. The molecular formula is C18H23N3O7S. The Morgan fingerprint density at radius 2 is 1.72 bits per heavy atom. The molecule has 0 aromatic heterocycles. The van der Waals surface area contributed by atoms with Crippen LogP contribution in [-0.2, 0) is 30.4 Å².